The summed E-state index contributed by atoms with van der Waals surface area (Å²) in [6, 6.07) is 0. The highest BCUT2D eigenvalue weighted by atomic mass is 16.4. The van der Waals surface area contributed by atoms with Crippen LogP contribution in [0.1, 0.15) is 33.6 Å². The molecular formula is C21H41N3O10. The Balaban J connectivity index is -0.000000186. The zero-order chi connectivity index (χ0) is 28.9. The number of hydrogen-bond donors (Lipinski definition) is 1. The fourth-order valence-corrected chi connectivity index (χ4v) is 0.684. The molecule has 0 heterocycles. The molecule has 0 unspecified atom stereocenters. The van der Waals surface area contributed by atoms with Crippen molar-refractivity contribution in [2.24, 2.45) is 0 Å². The van der Waals surface area contributed by atoms with Crippen LogP contribution in [0.3, 0.4) is 0 Å². The molecule has 0 saturated heterocycles. The molecule has 1 N–H and O–H groups in total. The third-order valence-electron chi connectivity index (χ3n) is 4.09. The lowest BCUT2D eigenvalue weighted by Crippen LogP contribution is -2.54. The summed E-state index contributed by atoms with van der Waals surface area (Å²) in [6.45, 7) is 4.75. The first kappa shape index (κ1) is 38.5. The molecule has 0 atom stereocenters. The number of hydrogen-bond acceptors (Lipinski definition) is 10. The minimum atomic E-state index is -2.97. The Morgan fingerprint density at radius 1 is 0.559 bits per heavy atom. The molecule has 0 saturated carbocycles. The summed E-state index contributed by atoms with van der Waals surface area (Å²) >= 11 is 0. The average molecular weight is 496 g/mol. The van der Waals surface area contributed by atoms with E-state index >= 15 is 0 Å². The number of amides is 3. The van der Waals surface area contributed by atoms with E-state index < -0.39 is 36.4 Å². The first-order chi connectivity index (χ1) is 14.6. The SMILES string of the molecule is CC(=O)[N+](C)(C)C.CC(=O)[N+](C)(C)C.CC(=O)[N+](C)(C)C.O=C([O-])CC(O)(CC(=O)[O-])C(=O)[O-]. The first-order valence-electron chi connectivity index (χ1n) is 9.92. The van der Waals surface area contributed by atoms with Gasteiger partial charge in [0, 0.05) is 24.8 Å². The molecule has 3 amide bonds. The molecule has 13 nitrogen and oxygen atoms in total. The molecular weight excluding hydrogens is 454 g/mol. The fraction of sp³-hybridized carbons (Fsp3) is 0.714. The van der Waals surface area contributed by atoms with Gasteiger partial charge in [-0.05, 0) is 0 Å². The number of nitrogens with zero attached hydrogens (tertiary/aromatic N) is 3. The van der Waals surface area contributed by atoms with Crippen LogP contribution in [-0.2, 0) is 28.8 Å². The summed E-state index contributed by atoms with van der Waals surface area (Å²) in [6.07, 6.45) is -2.72. The van der Waals surface area contributed by atoms with Crippen molar-refractivity contribution in [3.63, 3.8) is 0 Å². The van der Waals surface area contributed by atoms with Crippen LogP contribution in [0.15, 0.2) is 0 Å². The second-order valence-corrected chi connectivity index (χ2v) is 10.0. The Bertz CT molecular complexity index is 653. The molecule has 0 rings (SSSR count). The highest BCUT2D eigenvalue weighted by Gasteiger charge is 2.29. The lowest BCUT2D eigenvalue weighted by atomic mass is 9.96. The Morgan fingerprint density at radius 3 is 0.765 bits per heavy atom. The number of carboxylic acid groups (broad SMARTS) is 3. The number of quaternary nitrogens is 3. The number of carbonyl (C=O) groups excluding carboxylic acids is 6. The van der Waals surface area contributed by atoms with Crippen LogP contribution in [-0.4, -0.2) is 123 Å². The summed E-state index contributed by atoms with van der Waals surface area (Å²) < 4.78 is 1.25. The maximum Gasteiger partial charge on any atom is 0.309 e. The molecule has 0 radical (unpaired) electrons. The summed E-state index contributed by atoms with van der Waals surface area (Å²) in [4.78, 5) is 61.3. The van der Waals surface area contributed by atoms with E-state index in [1.807, 2.05) is 63.4 Å². The van der Waals surface area contributed by atoms with E-state index in [1.165, 1.54) is 0 Å². The van der Waals surface area contributed by atoms with E-state index in [-0.39, 0.29) is 17.7 Å². The van der Waals surface area contributed by atoms with Crippen molar-refractivity contribution < 1.29 is 62.6 Å². The Hall–Kier alpha value is -2.74. The average Bonchev–Trinajstić information content (AvgIpc) is 2.51. The van der Waals surface area contributed by atoms with Crippen LogP contribution in [0.4, 0.5) is 0 Å². The lowest BCUT2D eigenvalue weighted by molar-refractivity contribution is -0.791. The molecule has 0 aromatic carbocycles. The zero-order valence-electron chi connectivity index (χ0n) is 22.4. The number of aliphatic hydroxyl groups is 1. The molecule has 0 aliphatic rings. The van der Waals surface area contributed by atoms with Crippen molar-refractivity contribution in [2.75, 3.05) is 63.4 Å². The van der Waals surface area contributed by atoms with Crippen molar-refractivity contribution in [1.29, 1.82) is 0 Å². The van der Waals surface area contributed by atoms with Gasteiger partial charge in [0.1, 0.15) is 5.60 Å². The van der Waals surface area contributed by atoms with Crippen LogP contribution in [0.25, 0.3) is 0 Å². The summed E-state index contributed by atoms with van der Waals surface area (Å²) in [5, 5.41) is 38.9. The van der Waals surface area contributed by atoms with E-state index in [9.17, 15) is 44.1 Å². The van der Waals surface area contributed by atoms with Gasteiger partial charge in [0.25, 0.3) is 0 Å². The lowest BCUT2D eigenvalue weighted by Gasteiger charge is -2.29. The van der Waals surface area contributed by atoms with Crippen LogP contribution in [0.5, 0.6) is 0 Å². The Morgan fingerprint density at radius 2 is 0.706 bits per heavy atom. The molecule has 34 heavy (non-hydrogen) atoms. The van der Waals surface area contributed by atoms with Crippen molar-refractivity contribution in [1.82, 2.24) is 0 Å². The molecule has 0 spiro atoms. The van der Waals surface area contributed by atoms with Crippen LogP contribution in [0.2, 0.25) is 0 Å². The van der Waals surface area contributed by atoms with Gasteiger partial charge < -0.3 is 34.8 Å². The van der Waals surface area contributed by atoms with Gasteiger partial charge in [-0.2, -0.15) is 0 Å². The second-order valence-electron chi connectivity index (χ2n) is 10.0. The Kier molecular flexibility index (Phi) is 17.2. The quantitative estimate of drug-likeness (QED) is 0.363. The highest BCUT2D eigenvalue weighted by molar-refractivity contribution is 5.86. The topological polar surface area (TPSA) is 192 Å². The van der Waals surface area contributed by atoms with Crippen LogP contribution >= 0.6 is 0 Å². The normalized spacial score (nSPS) is 11.2. The second kappa shape index (κ2) is 15.2. The largest absolute Gasteiger partial charge is 0.550 e. The number of carboxylic acids is 3. The Labute approximate surface area is 201 Å². The molecule has 0 aromatic heterocycles. The standard InChI is InChI=1S/C6H8O7.3C5H12NO/c7-3(8)1-6(13,5(11)12)2-4(9)10;3*1-5(7)6(2,3)4/h13H,1-2H2,(H,7,8)(H,9,10)(H,11,12);3*1-4H3/q;3*+1/p-3. The van der Waals surface area contributed by atoms with Gasteiger partial charge in [-0.15, -0.1) is 0 Å². The zero-order valence-corrected chi connectivity index (χ0v) is 22.4. The predicted octanol–water partition coefficient (Wildman–Crippen LogP) is -4.54. The van der Waals surface area contributed by atoms with E-state index in [2.05, 4.69) is 0 Å². The van der Waals surface area contributed by atoms with Gasteiger partial charge in [0.15, 0.2) is 0 Å². The maximum atomic E-state index is 10.4. The van der Waals surface area contributed by atoms with Crippen molar-refractivity contribution in [3.8, 4) is 0 Å². The first-order valence-corrected chi connectivity index (χ1v) is 9.92. The minimum Gasteiger partial charge on any atom is -0.550 e. The van der Waals surface area contributed by atoms with Crippen LogP contribution in [0, 0.1) is 0 Å². The minimum absolute atomic E-state index is 0.181. The van der Waals surface area contributed by atoms with Gasteiger partial charge >= 0.3 is 17.7 Å². The molecule has 13 heteroatoms. The molecule has 200 valence electrons. The third kappa shape index (κ3) is 23.9. The van der Waals surface area contributed by atoms with Gasteiger partial charge in [-0.3, -0.25) is 13.4 Å². The van der Waals surface area contributed by atoms with Crippen molar-refractivity contribution >= 4 is 35.6 Å². The van der Waals surface area contributed by atoms with E-state index in [4.69, 9.17) is 5.11 Å². The number of carbonyl (C=O) groups is 6. The molecule has 0 aromatic rings. The fourth-order valence-electron chi connectivity index (χ4n) is 0.684. The third-order valence-corrected chi connectivity index (χ3v) is 4.09. The van der Waals surface area contributed by atoms with Gasteiger partial charge in [-0.1, -0.05) is 0 Å². The van der Waals surface area contributed by atoms with Gasteiger partial charge in [0.05, 0.1) is 90.2 Å². The maximum absolute atomic E-state index is 10.4. The van der Waals surface area contributed by atoms with E-state index in [0.29, 0.717) is 13.4 Å². The summed E-state index contributed by atoms with van der Waals surface area (Å²) in [5.41, 5.74) is -2.97. The molecule has 0 bridgehead atoms. The smallest absolute Gasteiger partial charge is 0.309 e. The molecule has 0 aliphatic heterocycles. The monoisotopic (exact) mass is 495 g/mol. The summed E-state index contributed by atoms with van der Waals surface area (Å²) in [7, 11) is 16.6. The number of rotatable bonds is 5. The van der Waals surface area contributed by atoms with Crippen molar-refractivity contribution in [2.45, 2.75) is 39.2 Å². The van der Waals surface area contributed by atoms with Gasteiger partial charge in [0.2, 0.25) is 0 Å². The molecule has 0 aliphatic carbocycles. The summed E-state index contributed by atoms with van der Waals surface area (Å²) in [5.74, 6) is -5.44. The number of aliphatic carboxylic acids is 3. The predicted molar refractivity (Wildman–Crippen MR) is 115 cm³/mol. The van der Waals surface area contributed by atoms with Crippen LogP contribution < -0.4 is 15.3 Å². The molecule has 0 fully saturated rings. The van der Waals surface area contributed by atoms with Gasteiger partial charge in [-0.25, -0.2) is 14.4 Å². The highest BCUT2D eigenvalue weighted by Crippen LogP contribution is 2.13. The van der Waals surface area contributed by atoms with Crippen molar-refractivity contribution in [3.05, 3.63) is 0 Å². The van der Waals surface area contributed by atoms with E-state index in [0.717, 1.165) is 0 Å². The van der Waals surface area contributed by atoms with E-state index in [1.54, 1.807) is 20.8 Å².